The highest BCUT2D eigenvalue weighted by molar-refractivity contribution is 7.91. The average Bonchev–Trinajstić information content (AvgIpc) is 3.15. The molecule has 0 bridgehead atoms. The van der Waals surface area contributed by atoms with Crippen LogP contribution in [0.2, 0.25) is 0 Å². The van der Waals surface area contributed by atoms with Crippen molar-refractivity contribution < 1.29 is 17.9 Å². The molecule has 152 valence electrons. The summed E-state index contributed by atoms with van der Waals surface area (Å²) in [5, 5.41) is 4.57. The molecule has 1 aliphatic rings. The molecule has 0 unspecified atom stereocenters. The fourth-order valence-electron chi connectivity index (χ4n) is 3.57. The Morgan fingerprint density at radius 1 is 1.39 bits per heavy atom. The van der Waals surface area contributed by atoms with Gasteiger partial charge in [0.1, 0.15) is 5.56 Å². The summed E-state index contributed by atoms with van der Waals surface area (Å²) in [5.41, 5.74) is 3.05. The van der Waals surface area contributed by atoms with Crippen LogP contribution in [0.15, 0.2) is 18.3 Å². The molecule has 0 aromatic carbocycles. The van der Waals surface area contributed by atoms with Gasteiger partial charge in [0.05, 0.1) is 29.8 Å². The van der Waals surface area contributed by atoms with Gasteiger partial charge in [-0.25, -0.2) is 13.4 Å². The van der Waals surface area contributed by atoms with E-state index in [-0.39, 0.29) is 23.5 Å². The number of nitrogens with zero attached hydrogens (tertiary/aromatic N) is 4. The number of ether oxygens (including phenoxy) is 1. The minimum atomic E-state index is -2.99. The Kier molecular flexibility index (Phi) is 5.74. The number of aryl methyl sites for hydroxylation is 1. The van der Waals surface area contributed by atoms with Crippen LogP contribution in [0.1, 0.15) is 46.7 Å². The maximum absolute atomic E-state index is 12.9. The van der Waals surface area contributed by atoms with Crippen LogP contribution in [0.4, 0.5) is 0 Å². The molecule has 0 aliphatic carbocycles. The van der Waals surface area contributed by atoms with Gasteiger partial charge in [0.2, 0.25) is 5.88 Å². The summed E-state index contributed by atoms with van der Waals surface area (Å²) in [6.45, 7) is 6.45. The lowest BCUT2D eigenvalue weighted by Crippen LogP contribution is -2.27. The quantitative estimate of drug-likeness (QED) is 0.727. The number of hydrogen-bond acceptors (Lipinski definition) is 6. The Morgan fingerprint density at radius 2 is 2.14 bits per heavy atom. The SMILES string of the molecule is CCOc1ncccc1C(=O)N(C)Cc1c(C)nn([C@H]2CCS(=O)(=O)C2)c1C. The van der Waals surface area contributed by atoms with Gasteiger partial charge in [-0.2, -0.15) is 5.10 Å². The summed E-state index contributed by atoms with van der Waals surface area (Å²) < 4.78 is 30.9. The van der Waals surface area contributed by atoms with Crippen molar-refractivity contribution in [1.82, 2.24) is 19.7 Å². The molecule has 0 N–H and O–H groups in total. The van der Waals surface area contributed by atoms with E-state index in [4.69, 9.17) is 4.74 Å². The number of carbonyl (C=O) groups excluding carboxylic acids is 1. The number of pyridine rings is 1. The first-order valence-corrected chi connectivity index (χ1v) is 11.1. The first-order valence-electron chi connectivity index (χ1n) is 9.31. The summed E-state index contributed by atoms with van der Waals surface area (Å²) in [6.07, 6.45) is 2.17. The topological polar surface area (TPSA) is 94.4 Å². The highest BCUT2D eigenvalue weighted by atomic mass is 32.2. The molecule has 8 nitrogen and oxygen atoms in total. The van der Waals surface area contributed by atoms with Crippen LogP contribution in [0.25, 0.3) is 0 Å². The van der Waals surface area contributed by atoms with Crippen LogP contribution in [-0.4, -0.2) is 59.1 Å². The predicted molar refractivity (Wildman–Crippen MR) is 105 cm³/mol. The molecule has 3 rings (SSSR count). The van der Waals surface area contributed by atoms with E-state index in [1.165, 1.54) is 0 Å². The second-order valence-electron chi connectivity index (χ2n) is 7.10. The van der Waals surface area contributed by atoms with Gasteiger partial charge in [-0.3, -0.25) is 9.48 Å². The zero-order valence-corrected chi connectivity index (χ0v) is 17.5. The Labute approximate surface area is 165 Å². The van der Waals surface area contributed by atoms with E-state index in [0.29, 0.717) is 31.0 Å². The second kappa shape index (κ2) is 7.90. The van der Waals surface area contributed by atoms with Crippen molar-refractivity contribution in [2.75, 3.05) is 25.2 Å². The first kappa shape index (κ1) is 20.3. The Morgan fingerprint density at radius 3 is 2.79 bits per heavy atom. The Balaban J connectivity index is 1.81. The van der Waals surface area contributed by atoms with Gasteiger partial charge in [-0.15, -0.1) is 0 Å². The lowest BCUT2D eigenvalue weighted by atomic mass is 10.1. The molecular formula is C19H26N4O4S. The van der Waals surface area contributed by atoms with Crippen molar-refractivity contribution in [3.8, 4) is 5.88 Å². The minimum Gasteiger partial charge on any atom is -0.477 e. The van der Waals surface area contributed by atoms with E-state index in [1.54, 1.807) is 30.3 Å². The van der Waals surface area contributed by atoms with Crippen molar-refractivity contribution in [2.45, 2.75) is 39.8 Å². The summed E-state index contributed by atoms with van der Waals surface area (Å²) in [5.74, 6) is 0.454. The van der Waals surface area contributed by atoms with E-state index >= 15 is 0 Å². The van der Waals surface area contributed by atoms with Crippen LogP contribution in [0.5, 0.6) is 5.88 Å². The van der Waals surface area contributed by atoms with Crippen molar-refractivity contribution in [3.63, 3.8) is 0 Å². The Hall–Kier alpha value is -2.42. The van der Waals surface area contributed by atoms with E-state index in [2.05, 4.69) is 10.1 Å². The third kappa shape index (κ3) is 4.04. The standard InChI is InChI=1S/C19H26N4O4S/c1-5-27-18-16(7-6-9-20-18)19(24)22(4)11-17-13(2)21-23(14(17)3)15-8-10-28(25,26)12-15/h6-7,9,15H,5,8,10-12H2,1-4H3/t15-/m0/s1. The molecular weight excluding hydrogens is 380 g/mol. The summed E-state index contributed by atoms with van der Waals surface area (Å²) >= 11 is 0. The molecule has 0 radical (unpaired) electrons. The maximum Gasteiger partial charge on any atom is 0.259 e. The summed E-state index contributed by atoms with van der Waals surface area (Å²) in [6, 6.07) is 3.27. The van der Waals surface area contributed by atoms with Crippen molar-refractivity contribution in [2.24, 2.45) is 0 Å². The number of carbonyl (C=O) groups is 1. The van der Waals surface area contributed by atoms with Crippen LogP contribution in [0.3, 0.4) is 0 Å². The smallest absolute Gasteiger partial charge is 0.259 e. The Bertz CT molecular complexity index is 984. The molecule has 1 atom stereocenters. The first-order chi connectivity index (χ1) is 13.2. The number of amides is 1. The van der Waals surface area contributed by atoms with Gasteiger partial charge < -0.3 is 9.64 Å². The van der Waals surface area contributed by atoms with Crippen LogP contribution >= 0.6 is 0 Å². The highest BCUT2D eigenvalue weighted by Crippen LogP contribution is 2.27. The van der Waals surface area contributed by atoms with Gasteiger partial charge in [-0.05, 0) is 39.3 Å². The van der Waals surface area contributed by atoms with E-state index in [9.17, 15) is 13.2 Å². The molecule has 0 saturated carbocycles. The molecule has 1 aliphatic heterocycles. The van der Waals surface area contributed by atoms with E-state index in [0.717, 1.165) is 17.0 Å². The fourth-order valence-corrected chi connectivity index (χ4v) is 5.26. The van der Waals surface area contributed by atoms with Crippen LogP contribution in [0, 0.1) is 13.8 Å². The normalized spacial score (nSPS) is 18.2. The number of hydrogen-bond donors (Lipinski definition) is 0. The third-order valence-electron chi connectivity index (χ3n) is 5.05. The summed E-state index contributed by atoms with van der Waals surface area (Å²) in [7, 11) is -1.27. The zero-order chi connectivity index (χ0) is 20.5. The second-order valence-corrected chi connectivity index (χ2v) is 9.33. The van der Waals surface area contributed by atoms with Crippen LogP contribution in [-0.2, 0) is 16.4 Å². The molecule has 1 amide bonds. The average molecular weight is 407 g/mol. The third-order valence-corrected chi connectivity index (χ3v) is 6.80. The molecule has 28 heavy (non-hydrogen) atoms. The number of rotatable bonds is 6. The fraction of sp³-hybridized carbons (Fsp3) is 0.526. The largest absolute Gasteiger partial charge is 0.477 e. The molecule has 1 saturated heterocycles. The summed E-state index contributed by atoms with van der Waals surface area (Å²) in [4.78, 5) is 18.7. The highest BCUT2D eigenvalue weighted by Gasteiger charge is 2.31. The lowest BCUT2D eigenvalue weighted by Gasteiger charge is -2.19. The van der Waals surface area contributed by atoms with Crippen LogP contribution < -0.4 is 4.74 Å². The number of sulfone groups is 1. The predicted octanol–water partition coefficient (Wildman–Crippen LogP) is 1.93. The van der Waals surface area contributed by atoms with Crippen molar-refractivity contribution >= 4 is 15.7 Å². The lowest BCUT2D eigenvalue weighted by molar-refractivity contribution is 0.0779. The number of aromatic nitrogens is 3. The van der Waals surface area contributed by atoms with E-state index in [1.807, 2.05) is 25.5 Å². The molecule has 3 heterocycles. The van der Waals surface area contributed by atoms with Gasteiger partial charge in [-0.1, -0.05) is 0 Å². The van der Waals surface area contributed by atoms with E-state index < -0.39 is 9.84 Å². The maximum atomic E-state index is 12.9. The van der Waals surface area contributed by atoms with Crippen molar-refractivity contribution in [3.05, 3.63) is 40.8 Å². The molecule has 2 aromatic rings. The molecule has 2 aromatic heterocycles. The monoisotopic (exact) mass is 406 g/mol. The molecule has 1 fully saturated rings. The molecule has 0 spiro atoms. The minimum absolute atomic E-state index is 0.122. The van der Waals surface area contributed by atoms with Crippen molar-refractivity contribution in [1.29, 1.82) is 0 Å². The van der Waals surface area contributed by atoms with Gasteiger partial charge in [0, 0.05) is 31.0 Å². The van der Waals surface area contributed by atoms with Gasteiger partial charge in [0.25, 0.3) is 5.91 Å². The van der Waals surface area contributed by atoms with Gasteiger partial charge >= 0.3 is 0 Å². The molecule has 9 heteroatoms. The zero-order valence-electron chi connectivity index (χ0n) is 16.7. The van der Waals surface area contributed by atoms with Gasteiger partial charge in [0.15, 0.2) is 9.84 Å².